The first kappa shape index (κ1) is 14.7. The molecule has 0 aliphatic heterocycles. The minimum Gasteiger partial charge on any atom is -0.380 e. The van der Waals surface area contributed by atoms with E-state index in [-0.39, 0.29) is 17.8 Å². The molecule has 7 heteroatoms. The molecule has 0 spiro atoms. The molecule has 1 N–H and O–H groups in total. The first-order valence-corrected chi connectivity index (χ1v) is 6.77. The molecule has 20 heavy (non-hydrogen) atoms. The molecule has 0 fully saturated rings. The van der Waals surface area contributed by atoms with Crippen molar-refractivity contribution in [2.45, 2.75) is 6.54 Å². The third kappa shape index (κ3) is 3.26. The third-order valence-electron chi connectivity index (χ3n) is 2.66. The Labute approximate surface area is 127 Å². The fourth-order valence-electron chi connectivity index (χ4n) is 1.70. The van der Waals surface area contributed by atoms with Crippen LogP contribution in [0.25, 0.3) is 0 Å². The van der Waals surface area contributed by atoms with Gasteiger partial charge in [0.1, 0.15) is 5.82 Å². The van der Waals surface area contributed by atoms with Crippen LogP contribution in [0.15, 0.2) is 40.9 Å². The molecule has 0 aliphatic rings. The molecule has 0 unspecified atom stereocenters. The van der Waals surface area contributed by atoms with Crippen LogP contribution >= 0.6 is 27.5 Å². The van der Waals surface area contributed by atoms with Gasteiger partial charge < -0.3 is 5.32 Å². The largest absolute Gasteiger partial charge is 0.380 e. The van der Waals surface area contributed by atoms with Crippen LogP contribution in [0.1, 0.15) is 5.56 Å². The zero-order valence-electron chi connectivity index (χ0n) is 10.1. The van der Waals surface area contributed by atoms with Crippen molar-refractivity contribution < 1.29 is 9.31 Å². The summed E-state index contributed by atoms with van der Waals surface area (Å²) in [5.74, 6) is -0.516. The number of nitrogens with one attached hydrogen (secondary N) is 1. The van der Waals surface area contributed by atoms with Gasteiger partial charge in [-0.25, -0.2) is 4.39 Å². The number of hydrogen-bond acceptors (Lipinski definition) is 3. The lowest BCUT2D eigenvalue weighted by atomic mass is 10.1. The lowest BCUT2D eigenvalue weighted by molar-refractivity contribution is -0.385. The fourth-order valence-corrected chi connectivity index (χ4v) is 2.28. The summed E-state index contributed by atoms with van der Waals surface area (Å²) < 4.78 is 13.9. The second kappa shape index (κ2) is 6.19. The highest BCUT2D eigenvalue weighted by atomic mass is 79.9. The molecule has 0 amide bonds. The Morgan fingerprint density at radius 3 is 2.80 bits per heavy atom. The fraction of sp³-hybridized carbons (Fsp3) is 0.0769. The predicted octanol–water partition coefficient (Wildman–Crippen LogP) is 4.76. The van der Waals surface area contributed by atoms with E-state index in [0.29, 0.717) is 15.2 Å². The number of nitrogens with zero attached hydrogens (tertiary/aromatic N) is 1. The van der Waals surface area contributed by atoms with Crippen LogP contribution < -0.4 is 5.32 Å². The second-order valence-corrected chi connectivity index (χ2v) is 5.19. The van der Waals surface area contributed by atoms with E-state index in [1.54, 1.807) is 18.2 Å². The van der Waals surface area contributed by atoms with E-state index >= 15 is 0 Å². The Bertz CT molecular complexity index is 667. The van der Waals surface area contributed by atoms with Crippen molar-refractivity contribution in [3.8, 4) is 0 Å². The molecule has 4 nitrogen and oxygen atoms in total. The van der Waals surface area contributed by atoms with Crippen LogP contribution in [0, 0.1) is 15.9 Å². The standard InChI is InChI=1S/C13H9BrClFN2O2/c14-13-10(15)2-1-3-11(13)17-7-8-6-9(16)4-5-12(8)18(19)20/h1-6,17H,7H2. The number of rotatable bonds is 4. The molecule has 0 radical (unpaired) electrons. The van der Waals surface area contributed by atoms with Gasteiger partial charge in [-0.05, 0) is 40.2 Å². The van der Waals surface area contributed by atoms with E-state index in [1.165, 1.54) is 0 Å². The van der Waals surface area contributed by atoms with Crippen LogP contribution in [-0.4, -0.2) is 4.92 Å². The molecule has 2 aromatic rings. The zero-order valence-corrected chi connectivity index (χ0v) is 12.4. The zero-order chi connectivity index (χ0) is 14.7. The van der Waals surface area contributed by atoms with E-state index in [9.17, 15) is 14.5 Å². The summed E-state index contributed by atoms with van der Waals surface area (Å²) in [4.78, 5) is 10.4. The highest BCUT2D eigenvalue weighted by Crippen LogP contribution is 2.31. The molecule has 0 saturated heterocycles. The smallest absolute Gasteiger partial charge is 0.274 e. The molecule has 2 rings (SSSR count). The van der Waals surface area contributed by atoms with Crippen LogP contribution in [0.3, 0.4) is 0 Å². The van der Waals surface area contributed by atoms with Gasteiger partial charge in [-0.1, -0.05) is 17.7 Å². The van der Waals surface area contributed by atoms with E-state index in [4.69, 9.17) is 11.6 Å². The summed E-state index contributed by atoms with van der Waals surface area (Å²) in [6, 6.07) is 8.58. The van der Waals surface area contributed by atoms with Gasteiger partial charge in [-0.2, -0.15) is 0 Å². The Hall–Kier alpha value is -1.66. The van der Waals surface area contributed by atoms with E-state index < -0.39 is 10.7 Å². The van der Waals surface area contributed by atoms with Crippen LogP contribution in [-0.2, 0) is 6.54 Å². The number of anilines is 1. The van der Waals surface area contributed by atoms with Crippen LogP contribution in [0.4, 0.5) is 15.8 Å². The first-order chi connectivity index (χ1) is 9.49. The molecule has 0 atom stereocenters. The number of benzene rings is 2. The van der Waals surface area contributed by atoms with Gasteiger partial charge in [0.15, 0.2) is 0 Å². The number of halogens is 3. The Morgan fingerprint density at radius 2 is 2.10 bits per heavy atom. The topological polar surface area (TPSA) is 55.2 Å². The summed E-state index contributed by atoms with van der Waals surface area (Å²) in [6.45, 7) is 0.118. The summed E-state index contributed by atoms with van der Waals surface area (Å²) in [7, 11) is 0. The Morgan fingerprint density at radius 1 is 1.35 bits per heavy atom. The minimum absolute atomic E-state index is 0.118. The summed E-state index contributed by atoms with van der Waals surface area (Å²) >= 11 is 9.26. The monoisotopic (exact) mass is 358 g/mol. The average molecular weight is 360 g/mol. The average Bonchev–Trinajstić information content (AvgIpc) is 2.40. The maximum atomic E-state index is 13.2. The van der Waals surface area contributed by atoms with Gasteiger partial charge in [-0.3, -0.25) is 10.1 Å². The van der Waals surface area contributed by atoms with Crippen LogP contribution in [0.5, 0.6) is 0 Å². The second-order valence-electron chi connectivity index (χ2n) is 3.99. The number of nitro benzene ring substituents is 1. The summed E-state index contributed by atoms with van der Waals surface area (Å²) in [6.07, 6.45) is 0. The molecular weight excluding hydrogens is 351 g/mol. The maximum absolute atomic E-state index is 13.2. The van der Waals surface area contributed by atoms with Gasteiger partial charge in [-0.15, -0.1) is 0 Å². The van der Waals surface area contributed by atoms with Crippen molar-refractivity contribution in [1.29, 1.82) is 0 Å². The summed E-state index contributed by atoms with van der Waals surface area (Å²) in [5.41, 5.74) is 0.815. The van der Waals surface area contributed by atoms with Gasteiger partial charge in [0.05, 0.1) is 25.7 Å². The van der Waals surface area contributed by atoms with Crippen molar-refractivity contribution in [3.63, 3.8) is 0 Å². The molecule has 0 aliphatic carbocycles. The molecular formula is C13H9BrClFN2O2. The van der Waals surface area contributed by atoms with Crippen molar-refractivity contribution in [1.82, 2.24) is 0 Å². The van der Waals surface area contributed by atoms with Crippen molar-refractivity contribution in [2.75, 3.05) is 5.32 Å². The lowest BCUT2D eigenvalue weighted by Crippen LogP contribution is -2.04. The lowest BCUT2D eigenvalue weighted by Gasteiger charge is -2.10. The third-order valence-corrected chi connectivity index (χ3v) is 4.06. The van der Waals surface area contributed by atoms with Crippen molar-refractivity contribution in [2.24, 2.45) is 0 Å². The van der Waals surface area contributed by atoms with E-state index in [1.807, 2.05) is 0 Å². The van der Waals surface area contributed by atoms with E-state index in [0.717, 1.165) is 18.2 Å². The van der Waals surface area contributed by atoms with Gasteiger partial charge in [0.2, 0.25) is 0 Å². The maximum Gasteiger partial charge on any atom is 0.274 e. The Balaban J connectivity index is 2.24. The van der Waals surface area contributed by atoms with Crippen LogP contribution in [0.2, 0.25) is 5.02 Å². The summed E-state index contributed by atoms with van der Waals surface area (Å²) in [5, 5.41) is 14.4. The SMILES string of the molecule is O=[N+]([O-])c1ccc(F)cc1CNc1cccc(Cl)c1Br. The quantitative estimate of drug-likeness (QED) is 0.632. The van der Waals surface area contributed by atoms with Gasteiger partial charge in [0, 0.05) is 12.6 Å². The molecule has 0 bridgehead atoms. The predicted molar refractivity (Wildman–Crippen MR) is 79.5 cm³/mol. The molecule has 0 heterocycles. The van der Waals surface area contributed by atoms with Crippen molar-refractivity contribution in [3.05, 3.63) is 67.4 Å². The molecule has 2 aromatic carbocycles. The van der Waals surface area contributed by atoms with Gasteiger partial charge in [0.25, 0.3) is 5.69 Å². The highest BCUT2D eigenvalue weighted by Gasteiger charge is 2.14. The number of nitro groups is 1. The molecule has 104 valence electrons. The first-order valence-electron chi connectivity index (χ1n) is 5.59. The molecule has 0 saturated carbocycles. The van der Waals surface area contributed by atoms with Gasteiger partial charge >= 0.3 is 0 Å². The normalized spacial score (nSPS) is 10.3. The highest BCUT2D eigenvalue weighted by molar-refractivity contribution is 9.10. The minimum atomic E-state index is -0.538. The molecule has 0 aromatic heterocycles. The van der Waals surface area contributed by atoms with Crippen molar-refractivity contribution >= 4 is 38.9 Å². The van der Waals surface area contributed by atoms with E-state index in [2.05, 4.69) is 21.2 Å². The number of hydrogen-bond donors (Lipinski definition) is 1. The Kier molecular flexibility index (Phi) is 4.57.